The average Bonchev–Trinajstić information content (AvgIpc) is 2.67. The molecule has 2 aliphatic carbocycles. The third kappa shape index (κ3) is 2.48. The predicted octanol–water partition coefficient (Wildman–Crippen LogP) is 3.25. The third-order valence-electron chi connectivity index (χ3n) is 4.46. The van der Waals surface area contributed by atoms with E-state index in [2.05, 4.69) is 17.2 Å². The van der Waals surface area contributed by atoms with E-state index >= 15 is 0 Å². The van der Waals surface area contributed by atoms with Crippen LogP contribution >= 0.6 is 11.3 Å². The van der Waals surface area contributed by atoms with Crippen LogP contribution in [0.4, 0.5) is 5.13 Å². The molecule has 0 spiro atoms. The molecule has 4 nitrogen and oxygen atoms in total. The van der Waals surface area contributed by atoms with Gasteiger partial charge in [0.2, 0.25) is 0 Å². The molecule has 1 aromatic rings. The molecule has 0 bridgehead atoms. The average molecular weight is 280 g/mol. The van der Waals surface area contributed by atoms with Crippen LogP contribution in [0.1, 0.15) is 55.5 Å². The topological polar surface area (TPSA) is 62.2 Å². The first-order valence-electron chi connectivity index (χ1n) is 7.14. The molecular formula is C14H20N2O2S. The van der Waals surface area contributed by atoms with Crippen LogP contribution in [0.3, 0.4) is 0 Å². The number of carbonyl (C=O) groups is 1. The molecule has 2 aliphatic rings. The highest BCUT2D eigenvalue weighted by Gasteiger charge is 2.31. The standard InChI is InChI=1S/C14H20N2O2S/c1-8(9-4-2-5-9)15-14-16-12-10(13(17)18)6-3-7-11(12)19-14/h8-10H,2-7H2,1H3,(H,15,16)(H,17,18). The molecule has 104 valence electrons. The van der Waals surface area contributed by atoms with Crippen molar-refractivity contribution in [3.05, 3.63) is 10.6 Å². The number of fused-ring (bicyclic) bond motifs is 1. The van der Waals surface area contributed by atoms with Gasteiger partial charge in [-0.2, -0.15) is 0 Å². The van der Waals surface area contributed by atoms with Gasteiger partial charge in [0.15, 0.2) is 5.13 Å². The number of carboxylic acids is 1. The van der Waals surface area contributed by atoms with Crippen LogP contribution in [0.5, 0.6) is 0 Å². The molecule has 1 fully saturated rings. The number of hydrogen-bond donors (Lipinski definition) is 2. The zero-order valence-electron chi connectivity index (χ0n) is 11.2. The molecule has 1 heterocycles. The highest BCUT2D eigenvalue weighted by atomic mass is 32.1. The second-order valence-corrected chi connectivity index (χ2v) is 6.82. The second-order valence-electron chi connectivity index (χ2n) is 5.73. The Balaban J connectivity index is 1.75. The van der Waals surface area contributed by atoms with Gasteiger partial charge in [0.05, 0.1) is 5.69 Å². The smallest absolute Gasteiger partial charge is 0.312 e. The maximum atomic E-state index is 11.3. The number of anilines is 1. The lowest BCUT2D eigenvalue weighted by atomic mass is 9.80. The zero-order valence-corrected chi connectivity index (χ0v) is 12.0. The Bertz CT molecular complexity index is 482. The van der Waals surface area contributed by atoms with Crippen LogP contribution in [0.15, 0.2) is 0 Å². The number of aliphatic carboxylic acids is 1. The summed E-state index contributed by atoms with van der Waals surface area (Å²) in [6.07, 6.45) is 6.61. The normalized spacial score (nSPS) is 24.4. The number of aromatic nitrogens is 1. The van der Waals surface area contributed by atoms with E-state index in [1.54, 1.807) is 11.3 Å². The Kier molecular flexibility index (Phi) is 3.48. The first-order chi connectivity index (χ1) is 9.15. The summed E-state index contributed by atoms with van der Waals surface area (Å²) in [4.78, 5) is 17.0. The van der Waals surface area contributed by atoms with Crippen LogP contribution < -0.4 is 5.32 Å². The number of nitrogens with zero attached hydrogens (tertiary/aromatic N) is 1. The van der Waals surface area contributed by atoms with Crippen molar-refractivity contribution in [2.45, 2.75) is 57.4 Å². The molecule has 0 radical (unpaired) electrons. The van der Waals surface area contributed by atoms with E-state index in [4.69, 9.17) is 0 Å². The van der Waals surface area contributed by atoms with Crippen molar-refractivity contribution in [1.82, 2.24) is 4.98 Å². The van der Waals surface area contributed by atoms with Gasteiger partial charge in [0.1, 0.15) is 5.92 Å². The maximum Gasteiger partial charge on any atom is 0.312 e. The number of nitrogens with one attached hydrogen (secondary N) is 1. The molecule has 2 N–H and O–H groups in total. The summed E-state index contributed by atoms with van der Waals surface area (Å²) in [5.74, 6) is -0.365. The molecule has 5 heteroatoms. The SMILES string of the molecule is CC(Nc1nc2c(s1)CCCC2C(=O)O)C1CCC1. The first-order valence-corrected chi connectivity index (χ1v) is 7.95. The van der Waals surface area contributed by atoms with Crippen LogP contribution in [-0.4, -0.2) is 22.1 Å². The van der Waals surface area contributed by atoms with Crippen molar-refractivity contribution < 1.29 is 9.90 Å². The Hall–Kier alpha value is -1.10. The highest BCUT2D eigenvalue weighted by Crippen LogP contribution is 2.38. The lowest BCUT2D eigenvalue weighted by Crippen LogP contribution is -2.30. The molecule has 19 heavy (non-hydrogen) atoms. The molecule has 3 rings (SSSR count). The molecule has 1 saturated carbocycles. The summed E-state index contributed by atoms with van der Waals surface area (Å²) >= 11 is 1.65. The number of hydrogen-bond acceptors (Lipinski definition) is 4. The zero-order chi connectivity index (χ0) is 13.4. The lowest BCUT2D eigenvalue weighted by molar-refractivity contribution is -0.139. The van der Waals surface area contributed by atoms with E-state index in [1.165, 1.54) is 24.1 Å². The van der Waals surface area contributed by atoms with Crippen LogP contribution in [0.25, 0.3) is 0 Å². The maximum absolute atomic E-state index is 11.3. The third-order valence-corrected chi connectivity index (χ3v) is 5.52. The van der Waals surface area contributed by atoms with Gasteiger partial charge >= 0.3 is 5.97 Å². The summed E-state index contributed by atoms with van der Waals surface area (Å²) in [7, 11) is 0. The quantitative estimate of drug-likeness (QED) is 0.888. The van der Waals surface area contributed by atoms with E-state index < -0.39 is 11.9 Å². The molecule has 0 aromatic carbocycles. The van der Waals surface area contributed by atoms with E-state index in [-0.39, 0.29) is 0 Å². The molecule has 2 unspecified atom stereocenters. The van der Waals surface area contributed by atoms with Gasteiger partial charge < -0.3 is 10.4 Å². The summed E-state index contributed by atoms with van der Waals surface area (Å²) in [5, 5.41) is 13.6. The lowest BCUT2D eigenvalue weighted by Gasteiger charge is -2.31. The molecule has 0 amide bonds. The highest BCUT2D eigenvalue weighted by molar-refractivity contribution is 7.15. The minimum absolute atomic E-state index is 0.394. The van der Waals surface area contributed by atoms with Crippen molar-refractivity contribution in [3.8, 4) is 0 Å². The summed E-state index contributed by atoms with van der Waals surface area (Å²) in [5.41, 5.74) is 0.812. The summed E-state index contributed by atoms with van der Waals surface area (Å²) in [6.45, 7) is 2.21. The number of aryl methyl sites for hydroxylation is 1. The van der Waals surface area contributed by atoms with Crippen LogP contribution in [0, 0.1) is 5.92 Å². The Morgan fingerprint density at radius 3 is 2.84 bits per heavy atom. The monoisotopic (exact) mass is 280 g/mol. The minimum atomic E-state index is -0.732. The number of thiazole rings is 1. The van der Waals surface area contributed by atoms with E-state index in [1.807, 2.05) is 0 Å². The molecule has 2 atom stereocenters. The van der Waals surface area contributed by atoms with Crippen molar-refractivity contribution >= 4 is 22.4 Å². The van der Waals surface area contributed by atoms with E-state index in [9.17, 15) is 9.90 Å². The van der Waals surface area contributed by atoms with E-state index in [0.29, 0.717) is 6.04 Å². The fraction of sp³-hybridized carbons (Fsp3) is 0.714. The van der Waals surface area contributed by atoms with Gasteiger partial charge in [-0.1, -0.05) is 6.42 Å². The second kappa shape index (κ2) is 5.12. The fourth-order valence-electron chi connectivity index (χ4n) is 2.97. The first kappa shape index (κ1) is 12.9. The van der Waals surface area contributed by atoms with Gasteiger partial charge in [0, 0.05) is 10.9 Å². The van der Waals surface area contributed by atoms with Crippen LogP contribution in [0.2, 0.25) is 0 Å². The summed E-state index contributed by atoms with van der Waals surface area (Å²) in [6, 6.07) is 0.449. The Labute approximate surface area is 117 Å². The van der Waals surface area contributed by atoms with Crippen LogP contribution in [-0.2, 0) is 11.2 Å². The minimum Gasteiger partial charge on any atom is -0.481 e. The number of rotatable bonds is 4. The molecule has 0 saturated heterocycles. The van der Waals surface area contributed by atoms with Crippen molar-refractivity contribution in [3.63, 3.8) is 0 Å². The van der Waals surface area contributed by atoms with Gasteiger partial charge in [-0.05, 0) is 44.9 Å². The predicted molar refractivity (Wildman–Crippen MR) is 75.9 cm³/mol. The molecular weight excluding hydrogens is 260 g/mol. The summed E-state index contributed by atoms with van der Waals surface area (Å²) < 4.78 is 0. The fourth-order valence-corrected chi connectivity index (χ4v) is 4.13. The van der Waals surface area contributed by atoms with Crippen molar-refractivity contribution in [2.24, 2.45) is 5.92 Å². The van der Waals surface area contributed by atoms with Gasteiger partial charge in [-0.25, -0.2) is 4.98 Å². The Morgan fingerprint density at radius 1 is 1.42 bits per heavy atom. The largest absolute Gasteiger partial charge is 0.481 e. The van der Waals surface area contributed by atoms with E-state index in [0.717, 1.165) is 36.0 Å². The van der Waals surface area contributed by atoms with Gasteiger partial charge in [0.25, 0.3) is 0 Å². The number of carboxylic acid groups (broad SMARTS) is 1. The molecule has 0 aliphatic heterocycles. The van der Waals surface area contributed by atoms with Crippen molar-refractivity contribution in [1.29, 1.82) is 0 Å². The van der Waals surface area contributed by atoms with Gasteiger partial charge in [-0.3, -0.25) is 4.79 Å². The molecule has 1 aromatic heterocycles. The van der Waals surface area contributed by atoms with Crippen molar-refractivity contribution in [2.75, 3.05) is 5.32 Å². The Morgan fingerprint density at radius 2 is 2.21 bits per heavy atom. The van der Waals surface area contributed by atoms with Gasteiger partial charge in [-0.15, -0.1) is 11.3 Å².